The van der Waals surface area contributed by atoms with E-state index < -0.39 is 0 Å². The van der Waals surface area contributed by atoms with E-state index in [0.29, 0.717) is 37.6 Å². The molecule has 9 nitrogen and oxygen atoms in total. The van der Waals surface area contributed by atoms with Crippen LogP contribution in [0.4, 0.5) is 5.82 Å². The number of rotatable bonds is 9. The van der Waals surface area contributed by atoms with Gasteiger partial charge in [0.15, 0.2) is 5.82 Å². The summed E-state index contributed by atoms with van der Waals surface area (Å²) in [4.78, 5) is 28.8. The highest BCUT2D eigenvalue weighted by Gasteiger charge is 2.14. The second kappa shape index (κ2) is 10.4. The van der Waals surface area contributed by atoms with E-state index in [4.69, 9.17) is 9.47 Å². The van der Waals surface area contributed by atoms with Crippen LogP contribution in [-0.4, -0.2) is 77.0 Å². The summed E-state index contributed by atoms with van der Waals surface area (Å²) in [5, 5.41) is 3.22. The summed E-state index contributed by atoms with van der Waals surface area (Å²) in [5.74, 6) is 0.341. The zero-order valence-corrected chi connectivity index (χ0v) is 17.8. The Hall–Kier alpha value is -2.88. The van der Waals surface area contributed by atoms with Gasteiger partial charge in [-0.2, -0.15) is 0 Å². The molecule has 0 radical (unpaired) electrons. The van der Waals surface area contributed by atoms with Gasteiger partial charge in [-0.25, -0.2) is 4.98 Å². The molecule has 0 aliphatic carbocycles. The molecule has 0 spiro atoms. The quantitative estimate of drug-likeness (QED) is 0.518. The highest BCUT2D eigenvalue weighted by atomic mass is 16.5. The Labute approximate surface area is 181 Å². The zero-order chi connectivity index (χ0) is 21.5. The number of morpholine rings is 1. The number of aromatic nitrogens is 4. The molecule has 9 heteroatoms. The molecule has 164 valence electrons. The van der Waals surface area contributed by atoms with Crippen molar-refractivity contribution in [2.45, 2.75) is 13.5 Å². The first kappa shape index (κ1) is 21.4. The molecule has 1 saturated heterocycles. The Kier molecular flexibility index (Phi) is 7.18. The third-order valence-corrected chi connectivity index (χ3v) is 5.28. The lowest BCUT2D eigenvalue weighted by molar-refractivity contribution is 0.0398. The molecule has 31 heavy (non-hydrogen) atoms. The topological polar surface area (TPSA) is 94.4 Å². The summed E-state index contributed by atoms with van der Waals surface area (Å²) in [6.07, 6.45) is 5.19. The molecule has 3 aromatic heterocycles. The average molecular weight is 425 g/mol. The zero-order valence-electron chi connectivity index (χ0n) is 17.8. The number of pyridine rings is 2. The minimum Gasteiger partial charge on any atom is -0.380 e. The molecule has 0 unspecified atom stereocenters. The number of nitrogens with zero attached hydrogens (tertiary/aromatic N) is 5. The summed E-state index contributed by atoms with van der Waals surface area (Å²) in [5.41, 5.74) is 2.88. The van der Waals surface area contributed by atoms with Crippen molar-refractivity contribution in [3.05, 3.63) is 47.1 Å². The lowest BCUT2D eigenvalue weighted by atomic mass is 10.2. The Bertz CT molecular complexity index is 1050. The Morgan fingerprint density at radius 3 is 2.87 bits per heavy atom. The second-order valence-corrected chi connectivity index (χ2v) is 7.29. The molecule has 0 atom stereocenters. The summed E-state index contributed by atoms with van der Waals surface area (Å²) in [6.45, 7) is 8.24. The maximum atomic E-state index is 13.2. The Balaban J connectivity index is 1.62. The number of anilines is 1. The number of hydrogen-bond acceptors (Lipinski definition) is 8. The van der Waals surface area contributed by atoms with Crippen LogP contribution >= 0.6 is 0 Å². The van der Waals surface area contributed by atoms with Crippen molar-refractivity contribution in [2.75, 3.05) is 57.9 Å². The molecule has 0 saturated carbocycles. The molecule has 0 amide bonds. The molecule has 1 N–H and O–H groups in total. The van der Waals surface area contributed by atoms with Gasteiger partial charge in [-0.3, -0.25) is 19.7 Å². The third-order valence-electron chi connectivity index (χ3n) is 5.28. The van der Waals surface area contributed by atoms with Crippen LogP contribution < -0.4 is 10.9 Å². The van der Waals surface area contributed by atoms with Crippen molar-refractivity contribution in [2.24, 2.45) is 0 Å². The predicted octanol–water partition coefficient (Wildman–Crippen LogP) is 1.63. The van der Waals surface area contributed by atoms with Gasteiger partial charge in [-0.05, 0) is 25.1 Å². The van der Waals surface area contributed by atoms with Crippen molar-refractivity contribution in [1.82, 2.24) is 24.4 Å². The fourth-order valence-corrected chi connectivity index (χ4v) is 3.61. The van der Waals surface area contributed by atoms with Gasteiger partial charge in [0.25, 0.3) is 5.56 Å². The van der Waals surface area contributed by atoms with E-state index >= 15 is 0 Å². The van der Waals surface area contributed by atoms with Gasteiger partial charge in [-0.1, -0.05) is 0 Å². The van der Waals surface area contributed by atoms with Crippen LogP contribution in [0.1, 0.15) is 6.92 Å². The number of ether oxygens (including phenoxy) is 2. The van der Waals surface area contributed by atoms with Gasteiger partial charge in [0, 0.05) is 57.3 Å². The molecule has 3 aromatic rings. The van der Waals surface area contributed by atoms with Crippen molar-refractivity contribution in [3.63, 3.8) is 0 Å². The van der Waals surface area contributed by atoms with Crippen LogP contribution in [0.25, 0.3) is 22.3 Å². The minimum absolute atomic E-state index is 0.155. The van der Waals surface area contributed by atoms with E-state index in [1.54, 1.807) is 23.2 Å². The normalized spacial score (nSPS) is 14.7. The van der Waals surface area contributed by atoms with Crippen LogP contribution in [0.5, 0.6) is 0 Å². The summed E-state index contributed by atoms with van der Waals surface area (Å²) < 4.78 is 12.6. The maximum absolute atomic E-state index is 13.2. The molecular weight excluding hydrogens is 396 g/mol. The van der Waals surface area contributed by atoms with Gasteiger partial charge in [0.05, 0.1) is 37.2 Å². The van der Waals surface area contributed by atoms with E-state index in [0.717, 1.165) is 49.6 Å². The van der Waals surface area contributed by atoms with Crippen LogP contribution in [0.15, 0.2) is 41.6 Å². The van der Waals surface area contributed by atoms with Gasteiger partial charge < -0.3 is 19.4 Å². The second-order valence-electron chi connectivity index (χ2n) is 7.29. The fraction of sp³-hybridized carbons (Fsp3) is 0.455. The molecule has 1 aliphatic rings. The lowest BCUT2D eigenvalue weighted by Crippen LogP contribution is -2.39. The first-order chi connectivity index (χ1) is 15.3. The van der Waals surface area contributed by atoms with E-state index in [1.807, 2.05) is 25.1 Å². The van der Waals surface area contributed by atoms with Gasteiger partial charge in [-0.15, -0.1) is 0 Å². The SMILES string of the molecule is CCOCCn1c(=O)c(NCCN2CCOCC2)nc2cnc(-c3cccnc3)cc21. The van der Waals surface area contributed by atoms with Gasteiger partial charge in [0.1, 0.15) is 5.52 Å². The molecular formula is C22H28N6O3. The maximum Gasteiger partial charge on any atom is 0.293 e. The Morgan fingerprint density at radius 2 is 2.10 bits per heavy atom. The minimum atomic E-state index is -0.155. The molecule has 0 aromatic carbocycles. The fourth-order valence-electron chi connectivity index (χ4n) is 3.61. The van der Waals surface area contributed by atoms with Crippen LogP contribution in [-0.2, 0) is 16.0 Å². The monoisotopic (exact) mass is 424 g/mol. The highest BCUT2D eigenvalue weighted by molar-refractivity contribution is 5.80. The Morgan fingerprint density at radius 1 is 1.23 bits per heavy atom. The first-order valence-corrected chi connectivity index (χ1v) is 10.7. The third kappa shape index (κ3) is 5.25. The van der Waals surface area contributed by atoms with Crippen molar-refractivity contribution in [3.8, 4) is 11.3 Å². The number of fused-ring (bicyclic) bond motifs is 1. The standard InChI is InChI=1S/C22H28N6O3/c1-2-30-13-10-28-20-14-18(17-4-3-5-23-15-17)25-16-19(20)26-21(22(28)29)24-6-7-27-8-11-31-12-9-27/h3-5,14-16H,2,6-13H2,1H3,(H,24,26). The van der Waals surface area contributed by atoms with Crippen LogP contribution in [0, 0.1) is 0 Å². The molecule has 4 heterocycles. The van der Waals surface area contributed by atoms with E-state index in [2.05, 4.69) is 25.2 Å². The largest absolute Gasteiger partial charge is 0.380 e. The van der Waals surface area contributed by atoms with Crippen molar-refractivity contribution < 1.29 is 9.47 Å². The molecule has 1 aliphatic heterocycles. The van der Waals surface area contributed by atoms with E-state index in [-0.39, 0.29) is 5.56 Å². The average Bonchev–Trinajstić information content (AvgIpc) is 2.82. The van der Waals surface area contributed by atoms with E-state index in [1.165, 1.54) is 0 Å². The summed E-state index contributed by atoms with van der Waals surface area (Å²) >= 11 is 0. The van der Waals surface area contributed by atoms with Gasteiger partial charge in [0.2, 0.25) is 0 Å². The summed E-state index contributed by atoms with van der Waals surface area (Å²) in [6, 6.07) is 5.70. The smallest absolute Gasteiger partial charge is 0.293 e. The van der Waals surface area contributed by atoms with Crippen LogP contribution in [0.3, 0.4) is 0 Å². The van der Waals surface area contributed by atoms with E-state index in [9.17, 15) is 4.79 Å². The van der Waals surface area contributed by atoms with Crippen LogP contribution in [0.2, 0.25) is 0 Å². The van der Waals surface area contributed by atoms with Gasteiger partial charge >= 0.3 is 0 Å². The highest BCUT2D eigenvalue weighted by Crippen LogP contribution is 2.20. The molecule has 0 bridgehead atoms. The van der Waals surface area contributed by atoms with Crippen molar-refractivity contribution >= 4 is 16.9 Å². The summed E-state index contributed by atoms with van der Waals surface area (Å²) in [7, 11) is 0. The predicted molar refractivity (Wildman–Crippen MR) is 119 cm³/mol. The molecule has 1 fully saturated rings. The lowest BCUT2D eigenvalue weighted by Gasteiger charge is -2.26. The molecule has 4 rings (SSSR count). The number of hydrogen-bond donors (Lipinski definition) is 1. The van der Waals surface area contributed by atoms with Crippen molar-refractivity contribution in [1.29, 1.82) is 0 Å². The first-order valence-electron chi connectivity index (χ1n) is 10.7. The number of nitrogens with one attached hydrogen (secondary N) is 1.